The number of nitrogens with one attached hydrogen (secondary N) is 2. The van der Waals surface area contributed by atoms with Crippen LogP contribution >= 0.6 is 15.9 Å². The number of carbonyl (C=O) groups excluding carboxylic acids is 1. The summed E-state index contributed by atoms with van der Waals surface area (Å²) < 4.78 is 5.97. The van der Waals surface area contributed by atoms with Crippen molar-refractivity contribution in [2.75, 3.05) is 25.5 Å². The summed E-state index contributed by atoms with van der Waals surface area (Å²) in [7, 11) is 1.27. The van der Waals surface area contributed by atoms with Gasteiger partial charge in [-0.25, -0.2) is 4.68 Å². The van der Waals surface area contributed by atoms with Crippen molar-refractivity contribution in [3.63, 3.8) is 0 Å². The van der Waals surface area contributed by atoms with Crippen LogP contribution in [0.15, 0.2) is 15.5 Å². The van der Waals surface area contributed by atoms with Crippen LogP contribution in [0.2, 0.25) is 0 Å². The van der Waals surface area contributed by atoms with Crippen molar-refractivity contribution in [1.29, 1.82) is 0 Å². The van der Waals surface area contributed by atoms with Crippen molar-refractivity contribution in [2.45, 2.75) is 31.8 Å². The molecule has 116 valence electrons. The van der Waals surface area contributed by atoms with E-state index in [4.69, 9.17) is 0 Å². The summed E-state index contributed by atoms with van der Waals surface area (Å²) in [6.45, 7) is 1.65. The maximum atomic E-state index is 12.1. The lowest BCUT2D eigenvalue weighted by atomic mass is 10.1. The molecule has 1 aliphatic heterocycles. The molecule has 0 aliphatic carbocycles. The Morgan fingerprint density at radius 3 is 3.14 bits per heavy atom. The lowest BCUT2D eigenvalue weighted by Gasteiger charge is -2.13. The van der Waals surface area contributed by atoms with E-state index in [1.807, 2.05) is 0 Å². The first-order chi connectivity index (χ1) is 10.1. The molecular formula is C13H19BrN4O3. The summed E-state index contributed by atoms with van der Waals surface area (Å²) in [5.74, 6) is -0.510. The van der Waals surface area contributed by atoms with Crippen LogP contribution in [0.25, 0.3) is 0 Å². The summed E-state index contributed by atoms with van der Waals surface area (Å²) in [6, 6.07) is 0.545. The highest BCUT2D eigenvalue weighted by Gasteiger charge is 2.14. The van der Waals surface area contributed by atoms with Gasteiger partial charge in [0.1, 0.15) is 11.0 Å². The molecule has 0 amide bonds. The molecule has 0 bridgehead atoms. The van der Waals surface area contributed by atoms with Gasteiger partial charge in [-0.05, 0) is 41.7 Å². The summed E-state index contributed by atoms with van der Waals surface area (Å²) in [6.07, 6.45) is 4.95. The second kappa shape index (κ2) is 7.56. The van der Waals surface area contributed by atoms with E-state index in [2.05, 4.69) is 36.4 Å². The van der Waals surface area contributed by atoms with Gasteiger partial charge in [-0.3, -0.25) is 9.59 Å². The summed E-state index contributed by atoms with van der Waals surface area (Å²) in [4.78, 5) is 23.2. The maximum Gasteiger partial charge on any atom is 0.327 e. The monoisotopic (exact) mass is 358 g/mol. The molecule has 1 aromatic heterocycles. The molecule has 8 heteroatoms. The Hall–Kier alpha value is -1.41. The fraction of sp³-hybridized carbons (Fsp3) is 0.615. The fourth-order valence-electron chi connectivity index (χ4n) is 2.27. The Bertz CT molecular complexity index is 555. The van der Waals surface area contributed by atoms with Crippen LogP contribution in [0.1, 0.15) is 19.3 Å². The Balaban J connectivity index is 1.95. The van der Waals surface area contributed by atoms with Gasteiger partial charge in [0, 0.05) is 12.6 Å². The van der Waals surface area contributed by atoms with Crippen LogP contribution in [0.4, 0.5) is 5.69 Å². The van der Waals surface area contributed by atoms with E-state index < -0.39 is 5.97 Å². The minimum atomic E-state index is -0.510. The van der Waals surface area contributed by atoms with Crippen molar-refractivity contribution >= 4 is 27.6 Å². The molecule has 2 heterocycles. The predicted molar refractivity (Wildman–Crippen MR) is 82.3 cm³/mol. The minimum Gasteiger partial charge on any atom is -0.468 e. The average molecular weight is 359 g/mol. The average Bonchev–Trinajstić information content (AvgIpc) is 2.99. The quantitative estimate of drug-likeness (QED) is 0.729. The van der Waals surface area contributed by atoms with E-state index in [0.29, 0.717) is 16.2 Å². The number of hydrogen-bond acceptors (Lipinski definition) is 6. The zero-order valence-corrected chi connectivity index (χ0v) is 13.5. The minimum absolute atomic E-state index is 0.194. The molecule has 1 aliphatic rings. The molecule has 0 aromatic carbocycles. The molecule has 1 fully saturated rings. The third-order valence-corrected chi connectivity index (χ3v) is 4.23. The molecule has 1 aromatic rings. The largest absolute Gasteiger partial charge is 0.468 e. The number of methoxy groups -OCH3 is 1. The van der Waals surface area contributed by atoms with Crippen molar-refractivity contribution in [3.8, 4) is 0 Å². The summed E-state index contributed by atoms with van der Waals surface area (Å²) >= 11 is 3.25. The lowest BCUT2D eigenvalue weighted by Crippen LogP contribution is -2.29. The molecule has 0 radical (unpaired) electrons. The Morgan fingerprint density at radius 1 is 1.67 bits per heavy atom. The molecule has 0 unspecified atom stereocenters. The SMILES string of the molecule is COC(=O)Cn1ncc(NCC[C@H]2CCCN2)c(Br)c1=O. The second-order valence-electron chi connectivity index (χ2n) is 4.92. The zero-order chi connectivity index (χ0) is 15.2. The van der Waals surface area contributed by atoms with Gasteiger partial charge in [0.05, 0.1) is 19.0 Å². The molecule has 2 N–H and O–H groups in total. The summed E-state index contributed by atoms with van der Waals surface area (Å²) in [5, 5.41) is 10.6. The fourth-order valence-corrected chi connectivity index (χ4v) is 2.72. The molecule has 1 atom stereocenters. The van der Waals surface area contributed by atoms with Crippen LogP contribution in [0.5, 0.6) is 0 Å². The number of hydrogen-bond donors (Lipinski definition) is 2. The zero-order valence-electron chi connectivity index (χ0n) is 11.9. The van der Waals surface area contributed by atoms with E-state index in [9.17, 15) is 9.59 Å². The van der Waals surface area contributed by atoms with E-state index in [1.54, 1.807) is 0 Å². The Labute approximate surface area is 131 Å². The maximum absolute atomic E-state index is 12.1. The van der Waals surface area contributed by atoms with Gasteiger partial charge in [-0.15, -0.1) is 0 Å². The predicted octanol–water partition coefficient (Wildman–Crippen LogP) is 0.733. The number of esters is 1. The second-order valence-corrected chi connectivity index (χ2v) is 5.71. The van der Waals surface area contributed by atoms with Crippen molar-refractivity contribution in [3.05, 3.63) is 21.0 Å². The van der Waals surface area contributed by atoms with E-state index in [-0.39, 0.29) is 12.1 Å². The lowest BCUT2D eigenvalue weighted by molar-refractivity contribution is -0.141. The van der Waals surface area contributed by atoms with Crippen LogP contribution in [0.3, 0.4) is 0 Å². The molecule has 0 saturated carbocycles. The number of anilines is 1. The van der Waals surface area contributed by atoms with Crippen molar-refractivity contribution in [2.24, 2.45) is 0 Å². The van der Waals surface area contributed by atoms with Crippen molar-refractivity contribution < 1.29 is 9.53 Å². The van der Waals surface area contributed by atoms with Crippen LogP contribution in [0, 0.1) is 0 Å². The van der Waals surface area contributed by atoms with Gasteiger partial charge in [-0.2, -0.15) is 5.10 Å². The van der Waals surface area contributed by atoms with Crippen LogP contribution < -0.4 is 16.2 Å². The number of aromatic nitrogens is 2. The van der Waals surface area contributed by atoms with Crippen molar-refractivity contribution in [1.82, 2.24) is 15.1 Å². The van der Waals surface area contributed by atoms with E-state index in [1.165, 1.54) is 26.1 Å². The number of nitrogens with zero attached hydrogens (tertiary/aromatic N) is 2. The first-order valence-electron chi connectivity index (χ1n) is 6.91. The molecule has 1 saturated heterocycles. The van der Waals surface area contributed by atoms with Gasteiger partial charge in [-0.1, -0.05) is 0 Å². The highest BCUT2D eigenvalue weighted by molar-refractivity contribution is 9.10. The molecule has 21 heavy (non-hydrogen) atoms. The molecule has 2 rings (SSSR count). The standard InChI is InChI=1S/C13H19BrN4O3/c1-21-11(19)8-18-13(20)12(14)10(7-17-18)16-6-4-9-3-2-5-15-9/h7,9,15-16H,2-6,8H2,1H3/t9-/m1/s1. The number of halogens is 1. The third kappa shape index (κ3) is 4.28. The van der Waals surface area contributed by atoms with Gasteiger partial charge in [0.2, 0.25) is 0 Å². The first-order valence-corrected chi connectivity index (χ1v) is 7.71. The molecular weight excluding hydrogens is 340 g/mol. The Morgan fingerprint density at radius 2 is 2.48 bits per heavy atom. The normalized spacial score (nSPS) is 17.7. The third-order valence-electron chi connectivity index (χ3n) is 3.46. The molecule has 0 spiro atoms. The van der Waals surface area contributed by atoms with E-state index >= 15 is 0 Å². The van der Waals surface area contributed by atoms with E-state index in [0.717, 1.165) is 24.2 Å². The highest BCUT2D eigenvalue weighted by Crippen LogP contribution is 2.17. The van der Waals surface area contributed by atoms with Gasteiger partial charge >= 0.3 is 5.97 Å². The highest BCUT2D eigenvalue weighted by atomic mass is 79.9. The molecule has 7 nitrogen and oxygen atoms in total. The number of ether oxygens (including phenoxy) is 1. The number of rotatable bonds is 6. The van der Waals surface area contributed by atoms with Gasteiger partial charge in [0.15, 0.2) is 0 Å². The number of carbonyl (C=O) groups is 1. The van der Waals surface area contributed by atoms with Crippen LogP contribution in [-0.2, 0) is 16.1 Å². The summed E-state index contributed by atoms with van der Waals surface area (Å²) in [5.41, 5.74) is 0.281. The van der Waals surface area contributed by atoms with Gasteiger partial charge < -0.3 is 15.4 Å². The smallest absolute Gasteiger partial charge is 0.327 e. The topological polar surface area (TPSA) is 85.2 Å². The Kier molecular flexibility index (Phi) is 5.75. The van der Waals surface area contributed by atoms with Gasteiger partial charge in [0.25, 0.3) is 5.56 Å². The van der Waals surface area contributed by atoms with Crippen LogP contribution in [-0.4, -0.2) is 42.0 Å². The first kappa shape index (κ1) is 16.0.